The molecular formula is C19H21N3O. The summed E-state index contributed by atoms with van der Waals surface area (Å²) in [7, 11) is 1.67. The second-order valence-electron chi connectivity index (χ2n) is 5.58. The largest absolute Gasteiger partial charge is 0.497 e. The van der Waals surface area contributed by atoms with Crippen molar-refractivity contribution in [2.75, 3.05) is 7.11 Å². The maximum atomic E-state index is 5.81. The summed E-state index contributed by atoms with van der Waals surface area (Å²) >= 11 is 0. The van der Waals surface area contributed by atoms with Gasteiger partial charge in [-0.25, -0.2) is 4.68 Å². The molecule has 0 radical (unpaired) electrons. The lowest BCUT2D eigenvalue weighted by atomic mass is 10.1. The quantitative estimate of drug-likeness (QED) is 0.801. The lowest BCUT2D eigenvalue weighted by molar-refractivity contribution is 0.415. The summed E-state index contributed by atoms with van der Waals surface area (Å²) in [5.74, 6) is 0.839. The van der Waals surface area contributed by atoms with Crippen LogP contribution in [0.4, 0.5) is 0 Å². The molecule has 0 aliphatic rings. The third-order valence-electron chi connectivity index (χ3n) is 4.16. The maximum Gasteiger partial charge on any atom is 0.118 e. The molecule has 4 nitrogen and oxygen atoms in total. The molecule has 0 fully saturated rings. The molecule has 118 valence electrons. The maximum absolute atomic E-state index is 5.81. The van der Waals surface area contributed by atoms with E-state index in [1.54, 1.807) is 7.11 Å². The summed E-state index contributed by atoms with van der Waals surface area (Å²) in [6.07, 6.45) is 0. The van der Waals surface area contributed by atoms with Gasteiger partial charge in [0.2, 0.25) is 0 Å². The minimum atomic E-state index is 0.418. The van der Waals surface area contributed by atoms with Gasteiger partial charge in [0.05, 0.1) is 24.2 Å². The average Bonchev–Trinajstić information content (AvgIpc) is 3.01. The van der Waals surface area contributed by atoms with Crippen LogP contribution >= 0.6 is 0 Å². The first-order valence-electron chi connectivity index (χ1n) is 7.64. The highest BCUT2D eigenvalue weighted by Gasteiger charge is 2.13. The monoisotopic (exact) mass is 307 g/mol. The first-order valence-corrected chi connectivity index (χ1v) is 7.64. The van der Waals surface area contributed by atoms with Crippen molar-refractivity contribution in [1.82, 2.24) is 9.78 Å². The third kappa shape index (κ3) is 2.85. The number of ether oxygens (including phenoxy) is 1. The lowest BCUT2D eigenvalue weighted by Crippen LogP contribution is -2.04. The normalized spacial score (nSPS) is 10.8. The van der Waals surface area contributed by atoms with Gasteiger partial charge in [-0.15, -0.1) is 0 Å². The van der Waals surface area contributed by atoms with Crippen LogP contribution in [-0.2, 0) is 6.54 Å². The van der Waals surface area contributed by atoms with Gasteiger partial charge in [-0.05, 0) is 61.4 Å². The Hall–Kier alpha value is -2.59. The highest BCUT2D eigenvalue weighted by atomic mass is 16.5. The summed E-state index contributed by atoms with van der Waals surface area (Å²) in [6.45, 7) is 4.65. The summed E-state index contributed by atoms with van der Waals surface area (Å²) in [5, 5.41) is 4.68. The van der Waals surface area contributed by atoms with E-state index < -0.39 is 0 Å². The van der Waals surface area contributed by atoms with Crippen LogP contribution in [0.5, 0.6) is 5.75 Å². The molecule has 2 N–H and O–H groups in total. The molecule has 0 saturated carbocycles. The summed E-state index contributed by atoms with van der Waals surface area (Å²) in [4.78, 5) is 0. The van der Waals surface area contributed by atoms with Crippen molar-refractivity contribution in [3.05, 3.63) is 65.4 Å². The van der Waals surface area contributed by atoms with Crippen LogP contribution in [0.3, 0.4) is 0 Å². The molecule has 3 aromatic rings. The Bertz CT molecular complexity index is 819. The Morgan fingerprint density at radius 1 is 1.09 bits per heavy atom. The molecule has 0 atom stereocenters. The predicted octanol–water partition coefficient (Wildman–Crippen LogP) is 3.62. The first kappa shape index (κ1) is 15.3. The van der Waals surface area contributed by atoms with E-state index >= 15 is 0 Å². The predicted molar refractivity (Wildman–Crippen MR) is 92.9 cm³/mol. The second-order valence-corrected chi connectivity index (χ2v) is 5.58. The van der Waals surface area contributed by atoms with Crippen LogP contribution in [-0.4, -0.2) is 16.9 Å². The Morgan fingerprint density at radius 3 is 2.48 bits per heavy atom. The minimum absolute atomic E-state index is 0.418. The van der Waals surface area contributed by atoms with E-state index in [2.05, 4.69) is 37.1 Å². The van der Waals surface area contributed by atoms with Crippen LogP contribution in [0.1, 0.15) is 16.8 Å². The number of nitrogens with zero attached hydrogens (tertiary/aromatic N) is 2. The number of nitrogens with two attached hydrogens (primary N) is 1. The lowest BCUT2D eigenvalue weighted by Gasteiger charge is -2.12. The van der Waals surface area contributed by atoms with Crippen molar-refractivity contribution in [2.45, 2.75) is 20.4 Å². The molecule has 23 heavy (non-hydrogen) atoms. The molecule has 1 heterocycles. The van der Waals surface area contributed by atoms with E-state index in [9.17, 15) is 0 Å². The Balaban J connectivity index is 2.17. The molecule has 0 spiro atoms. The first-order chi connectivity index (χ1) is 11.1. The van der Waals surface area contributed by atoms with E-state index in [0.29, 0.717) is 6.54 Å². The summed E-state index contributed by atoms with van der Waals surface area (Å²) in [6, 6.07) is 16.3. The zero-order valence-electron chi connectivity index (χ0n) is 13.7. The molecule has 2 aromatic carbocycles. The van der Waals surface area contributed by atoms with Gasteiger partial charge >= 0.3 is 0 Å². The molecule has 4 heteroatoms. The fourth-order valence-corrected chi connectivity index (χ4v) is 2.65. The Labute approximate surface area is 136 Å². The minimum Gasteiger partial charge on any atom is -0.497 e. The smallest absolute Gasteiger partial charge is 0.118 e. The molecule has 3 rings (SSSR count). The molecular weight excluding hydrogens is 286 g/mol. The molecule has 0 aliphatic carbocycles. The number of hydrogen-bond acceptors (Lipinski definition) is 3. The highest BCUT2D eigenvalue weighted by Crippen LogP contribution is 2.28. The van der Waals surface area contributed by atoms with Gasteiger partial charge in [0.1, 0.15) is 5.75 Å². The van der Waals surface area contributed by atoms with Gasteiger partial charge in [0.25, 0.3) is 0 Å². The van der Waals surface area contributed by atoms with Gasteiger partial charge in [-0.2, -0.15) is 5.10 Å². The zero-order chi connectivity index (χ0) is 16.4. The number of methoxy groups -OCH3 is 1. The zero-order valence-corrected chi connectivity index (χ0v) is 13.7. The van der Waals surface area contributed by atoms with E-state index in [-0.39, 0.29) is 0 Å². The molecule has 0 amide bonds. The van der Waals surface area contributed by atoms with Crippen LogP contribution in [0.15, 0.2) is 48.5 Å². The number of aromatic nitrogens is 2. The van der Waals surface area contributed by atoms with E-state index in [0.717, 1.165) is 28.4 Å². The van der Waals surface area contributed by atoms with Gasteiger partial charge < -0.3 is 10.5 Å². The van der Waals surface area contributed by atoms with Crippen LogP contribution < -0.4 is 10.5 Å². The fraction of sp³-hybridized carbons (Fsp3) is 0.211. The topological polar surface area (TPSA) is 53.1 Å². The number of rotatable bonds is 4. The van der Waals surface area contributed by atoms with Crippen molar-refractivity contribution in [3.63, 3.8) is 0 Å². The van der Waals surface area contributed by atoms with Gasteiger partial charge in [-0.1, -0.05) is 12.1 Å². The van der Waals surface area contributed by atoms with Crippen molar-refractivity contribution in [2.24, 2.45) is 5.73 Å². The highest BCUT2D eigenvalue weighted by molar-refractivity contribution is 5.64. The second kappa shape index (κ2) is 6.26. The van der Waals surface area contributed by atoms with Crippen LogP contribution in [0, 0.1) is 13.8 Å². The van der Waals surface area contributed by atoms with Gasteiger partial charge in [-0.3, -0.25) is 0 Å². The van der Waals surface area contributed by atoms with Crippen LogP contribution in [0.2, 0.25) is 0 Å². The summed E-state index contributed by atoms with van der Waals surface area (Å²) < 4.78 is 7.22. The fourth-order valence-electron chi connectivity index (χ4n) is 2.65. The van der Waals surface area contributed by atoms with Gasteiger partial charge in [0.15, 0.2) is 0 Å². The van der Waals surface area contributed by atoms with Crippen molar-refractivity contribution < 1.29 is 4.74 Å². The molecule has 0 saturated heterocycles. The third-order valence-corrected chi connectivity index (χ3v) is 4.16. The molecule has 1 aromatic heterocycles. The standard InChI is InChI=1S/C19H21N3O/c1-13-5-4-6-18(14(13)2)22-19(11-16(12-20)21-22)15-7-9-17(23-3)10-8-15/h4-11H,12,20H2,1-3H3. The molecule has 0 aliphatic heterocycles. The number of benzene rings is 2. The molecule has 0 unspecified atom stereocenters. The van der Waals surface area contributed by atoms with E-state index in [1.807, 2.05) is 35.0 Å². The Kier molecular flexibility index (Phi) is 4.17. The van der Waals surface area contributed by atoms with Crippen molar-refractivity contribution in [3.8, 4) is 22.7 Å². The van der Waals surface area contributed by atoms with E-state index in [1.165, 1.54) is 11.1 Å². The SMILES string of the molecule is COc1ccc(-c2cc(CN)nn2-c2cccc(C)c2C)cc1. The molecule has 0 bridgehead atoms. The number of aryl methyl sites for hydroxylation is 1. The van der Waals surface area contributed by atoms with Gasteiger partial charge in [0, 0.05) is 12.1 Å². The summed E-state index contributed by atoms with van der Waals surface area (Å²) in [5.41, 5.74) is 12.3. The van der Waals surface area contributed by atoms with E-state index in [4.69, 9.17) is 10.5 Å². The van der Waals surface area contributed by atoms with Crippen molar-refractivity contribution in [1.29, 1.82) is 0 Å². The Morgan fingerprint density at radius 2 is 1.83 bits per heavy atom. The van der Waals surface area contributed by atoms with Crippen LogP contribution in [0.25, 0.3) is 16.9 Å². The van der Waals surface area contributed by atoms with Crippen molar-refractivity contribution >= 4 is 0 Å². The average molecular weight is 307 g/mol. The number of hydrogen-bond donors (Lipinski definition) is 1.